The number of esters is 2. The summed E-state index contributed by atoms with van der Waals surface area (Å²) in [6.07, 6.45) is 4.37. The van der Waals surface area contributed by atoms with E-state index in [2.05, 4.69) is 0 Å². The molecule has 1 aliphatic rings. The Morgan fingerprint density at radius 1 is 1.36 bits per heavy atom. The topological polar surface area (TPSA) is 93.1 Å². The highest BCUT2D eigenvalue weighted by Crippen LogP contribution is 2.19. The van der Waals surface area contributed by atoms with E-state index < -0.39 is 18.2 Å². The first-order chi connectivity index (χ1) is 10.4. The second-order valence-corrected chi connectivity index (χ2v) is 5.83. The maximum absolute atomic E-state index is 11.6. The fraction of sp³-hybridized carbons (Fsp3) is 0.750. The van der Waals surface area contributed by atoms with Gasteiger partial charge in [-0.15, -0.1) is 0 Å². The largest absolute Gasteiger partial charge is 0.462 e. The molecular formula is C16H26O6. The number of ether oxygens (including phenoxy) is 2. The molecule has 1 rings (SSSR count). The predicted molar refractivity (Wildman–Crippen MR) is 80.0 cm³/mol. The molecule has 0 bridgehead atoms. The van der Waals surface area contributed by atoms with Crippen LogP contribution in [0.15, 0.2) is 12.2 Å². The summed E-state index contributed by atoms with van der Waals surface area (Å²) in [4.78, 5) is 22.6. The third-order valence-electron chi connectivity index (χ3n) is 3.52. The van der Waals surface area contributed by atoms with Gasteiger partial charge in [0.1, 0.15) is 6.10 Å². The predicted octanol–water partition coefficient (Wildman–Crippen LogP) is 1.48. The van der Waals surface area contributed by atoms with Crippen LogP contribution in [0.2, 0.25) is 0 Å². The van der Waals surface area contributed by atoms with Crippen molar-refractivity contribution in [3.05, 3.63) is 12.2 Å². The lowest BCUT2D eigenvalue weighted by atomic mass is 10.1. The Kier molecular flexibility index (Phi) is 8.12. The Morgan fingerprint density at radius 2 is 2.09 bits per heavy atom. The summed E-state index contributed by atoms with van der Waals surface area (Å²) < 4.78 is 10.3. The van der Waals surface area contributed by atoms with Gasteiger partial charge in [-0.05, 0) is 52.0 Å². The molecule has 6 heteroatoms. The van der Waals surface area contributed by atoms with E-state index in [1.807, 2.05) is 0 Å². The molecule has 0 saturated carbocycles. The molecule has 0 radical (unpaired) electrons. The molecule has 0 amide bonds. The molecule has 1 saturated heterocycles. The van der Waals surface area contributed by atoms with Crippen LogP contribution >= 0.6 is 0 Å². The lowest BCUT2D eigenvalue weighted by Crippen LogP contribution is -2.17. The Balaban J connectivity index is 2.18. The van der Waals surface area contributed by atoms with E-state index in [9.17, 15) is 14.7 Å². The Bertz CT molecular complexity index is 390. The molecule has 0 spiro atoms. The average Bonchev–Trinajstić information content (AvgIpc) is 2.86. The van der Waals surface area contributed by atoms with Crippen LogP contribution < -0.4 is 0 Å². The van der Waals surface area contributed by atoms with Gasteiger partial charge in [0, 0.05) is 12.5 Å². The molecule has 1 fully saturated rings. The van der Waals surface area contributed by atoms with Crippen molar-refractivity contribution in [1.29, 1.82) is 0 Å². The van der Waals surface area contributed by atoms with E-state index in [-0.39, 0.29) is 18.2 Å². The summed E-state index contributed by atoms with van der Waals surface area (Å²) in [5.74, 6) is -0.671. The Hall–Kier alpha value is -1.40. The van der Waals surface area contributed by atoms with Crippen molar-refractivity contribution >= 4 is 11.9 Å². The van der Waals surface area contributed by atoms with Crippen LogP contribution in [-0.2, 0) is 19.1 Å². The van der Waals surface area contributed by atoms with Crippen LogP contribution in [0.1, 0.15) is 52.4 Å². The molecule has 1 heterocycles. The van der Waals surface area contributed by atoms with Crippen LogP contribution in [-0.4, -0.2) is 46.6 Å². The first kappa shape index (κ1) is 18.6. The summed E-state index contributed by atoms with van der Waals surface area (Å²) in [7, 11) is 0. The molecule has 0 aromatic carbocycles. The van der Waals surface area contributed by atoms with E-state index in [1.54, 1.807) is 13.8 Å². The highest BCUT2D eigenvalue weighted by atomic mass is 16.6. The zero-order valence-electron chi connectivity index (χ0n) is 13.2. The van der Waals surface area contributed by atoms with Crippen molar-refractivity contribution < 1.29 is 29.3 Å². The van der Waals surface area contributed by atoms with Gasteiger partial charge in [-0.3, -0.25) is 4.79 Å². The first-order valence-corrected chi connectivity index (χ1v) is 7.81. The third kappa shape index (κ3) is 8.14. The number of rotatable bonds is 9. The smallest absolute Gasteiger partial charge is 0.330 e. The monoisotopic (exact) mass is 314 g/mol. The summed E-state index contributed by atoms with van der Waals surface area (Å²) >= 11 is 0. The molecule has 22 heavy (non-hydrogen) atoms. The zero-order valence-corrected chi connectivity index (χ0v) is 13.2. The van der Waals surface area contributed by atoms with E-state index >= 15 is 0 Å². The minimum atomic E-state index is -0.768. The minimum Gasteiger partial charge on any atom is -0.462 e. The normalized spacial score (nSPS) is 22.4. The molecule has 126 valence electrons. The summed E-state index contributed by atoms with van der Waals surface area (Å²) in [6, 6.07) is 0. The standard InChI is InChI=1S/C16H26O6/c1-11(17)3-5-13(18)6-9-15(19)21-12(2)4-7-14-8-10-16(20)22-14/h6,9,11-14,17-18H,3-5,7-8,10H2,1-2H3/b9-6+/t11-,12-,13+,14?/m1/s1. The molecule has 0 aromatic heterocycles. The minimum absolute atomic E-state index is 0.0634. The van der Waals surface area contributed by atoms with E-state index in [1.165, 1.54) is 12.2 Å². The van der Waals surface area contributed by atoms with Gasteiger partial charge < -0.3 is 19.7 Å². The van der Waals surface area contributed by atoms with Gasteiger partial charge in [-0.1, -0.05) is 0 Å². The maximum atomic E-state index is 11.6. The highest BCUT2D eigenvalue weighted by Gasteiger charge is 2.23. The molecule has 2 N–H and O–H groups in total. The van der Waals surface area contributed by atoms with E-state index in [0.717, 1.165) is 6.42 Å². The molecule has 1 aliphatic heterocycles. The van der Waals surface area contributed by atoms with E-state index in [4.69, 9.17) is 14.6 Å². The SMILES string of the molecule is C[C@H](CCC1CCC(=O)O1)OC(=O)/C=C/[C@@H](O)CC[C@@H](C)O. The van der Waals surface area contributed by atoms with Crippen LogP contribution in [0, 0.1) is 0 Å². The van der Waals surface area contributed by atoms with Gasteiger partial charge in [-0.2, -0.15) is 0 Å². The third-order valence-corrected chi connectivity index (χ3v) is 3.52. The van der Waals surface area contributed by atoms with Crippen LogP contribution in [0.4, 0.5) is 0 Å². The van der Waals surface area contributed by atoms with Crippen molar-refractivity contribution in [1.82, 2.24) is 0 Å². The Labute approximate surface area is 131 Å². The number of hydrogen-bond acceptors (Lipinski definition) is 6. The van der Waals surface area contributed by atoms with Crippen LogP contribution in [0.3, 0.4) is 0 Å². The van der Waals surface area contributed by atoms with Gasteiger partial charge in [-0.25, -0.2) is 4.79 Å². The van der Waals surface area contributed by atoms with Crippen molar-refractivity contribution in [2.75, 3.05) is 0 Å². The van der Waals surface area contributed by atoms with Crippen molar-refractivity contribution in [3.8, 4) is 0 Å². The lowest BCUT2D eigenvalue weighted by Gasteiger charge is -2.14. The average molecular weight is 314 g/mol. The fourth-order valence-electron chi connectivity index (χ4n) is 2.20. The molecule has 1 unspecified atom stereocenters. The molecule has 4 atom stereocenters. The summed E-state index contributed by atoms with van der Waals surface area (Å²) in [5.41, 5.74) is 0. The van der Waals surface area contributed by atoms with Crippen LogP contribution in [0.5, 0.6) is 0 Å². The van der Waals surface area contributed by atoms with Crippen molar-refractivity contribution in [2.45, 2.75) is 76.8 Å². The highest BCUT2D eigenvalue weighted by molar-refractivity contribution is 5.82. The van der Waals surface area contributed by atoms with E-state index in [0.29, 0.717) is 32.1 Å². The number of aliphatic hydroxyl groups excluding tert-OH is 2. The summed E-state index contributed by atoms with van der Waals surface area (Å²) in [5, 5.41) is 18.7. The van der Waals surface area contributed by atoms with Gasteiger partial charge in [0.2, 0.25) is 0 Å². The molecule has 6 nitrogen and oxygen atoms in total. The number of hydrogen-bond donors (Lipinski definition) is 2. The van der Waals surface area contributed by atoms with Crippen molar-refractivity contribution in [2.24, 2.45) is 0 Å². The van der Waals surface area contributed by atoms with Gasteiger partial charge in [0.05, 0.1) is 18.3 Å². The lowest BCUT2D eigenvalue weighted by molar-refractivity contribution is -0.145. The second-order valence-electron chi connectivity index (χ2n) is 5.83. The van der Waals surface area contributed by atoms with Gasteiger partial charge in [0.25, 0.3) is 0 Å². The molecule has 0 aliphatic carbocycles. The van der Waals surface area contributed by atoms with Crippen LogP contribution in [0.25, 0.3) is 0 Å². The summed E-state index contributed by atoms with van der Waals surface area (Å²) in [6.45, 7) is 3.43. The number of aliphatic hydroxyl groups is 2. The zero-order chi connectivity index (χ0) is 16.5. The number of cyclic esters (lactones) is 1. The number of carbonyl (C=O) groups is 2. The van der Waals surface area contributed by atoms with Crippen molar-refractivity contribution in [3.63, 3.8) is 0 Å². The maximum Gasteiger partial charge on any atom is 0.330 e. The first-order valence-electron chi connectivity index (χ1n) is 7.81. The molecule has 0 aromatic rings. The van der Waals surface area contributed by atoms with Gasteiger partial charge >= 0.3 is 11.9 Å². The quantitative estimate of drug-likeness (QED) is 0.495. The number of carbonyl (C=O) groups excluding carboxylic acids is 2. The molecular weight excluding hydrogens is 288 g/mol. The Morgan fingerprint density at radius 3 is 2.68 bits per heavy atom. The second kappa shape index (κ2) is 9.58. The fourth-order valence-corrected chi connectivity index (χ4v) is 2.20. The van der Waals surface area contributed by atoms with Gasteiger partial charge in [0.15, 0.2) is 0 Å².